The predicted molar refractivity (Wildman–Crippen MR) is 103 cm³/mol. The Morgan fingerprint density at radius 1 is 1.28 bits per heavy atom. The monoisotopic (exact) mass is 440 g/mol. The number of carbonyl (C=O) groups excluding carboxylic acids is 2. The molecule has 2 heterocycles. The molecule has 2 aliphatic rings. The zero-order chi connectivity index (χ0) is 20.7. The van der Waals surface area contributed by atoms with Crippen LogP contribution in [-0.2, 0) is 4.79 Å². The second-order valence-electron chi connectivity index (χ2n) is 7.02. The molecule has 2 atom stereocenters. The Morgan fingerprint density at radius 2 is 2.03 bits per heavy atom. The average Bonchev–Trinajstić information content (AvgIpc) is 3.44. The number of nitrogens with one attached hydrogen (secondary N) is 3. The highest BCUT2D eigenvalue weighted by atomic mass is 35.5. The van der Waals surface area contributed by atoms with Crippen LogP contribution in [0.3, 0.4) is 0 Å². The molecule has 1 aliphatic carbocycles. The normalized spacial score (nSPS) is 19.4. The quantitative estimate of drug-likeness (QED) is 0.622. The van der Waals surface area contributed by atoms with Crippen LogP contribution in [-0.4, -0.2) is 29.5 Å². The summed E-state index contributed by atoms with van der Waals surface area (Å²) in [5.74, 6) is -2.14. The first kappa shape index (κ1) is 19.8. The highest BCUT2D eigenvalue weighted by molar-refractivity contribution is 6.31. The van der Waals surface area contributed by atoms with E-state index in [1.54, 1.807) is 6.07 Å². The number of carbonyl (C=O) groups is 2. The summed E-state index contributed by atoms with van der Waals surface area (Å²) in [4.78, 5) is 28.3. The Balaban J connectivity index is 1.71. The van der Waals surface area contributed by atoms with Gasteiger partial charge in [-0.1, -0.05) is 29.3 Å². The first-order chi connectivity index (χ1) is 13.8. The van der Waals surface area contributed by atoms with Crippen molar-refractivity contribution in [3.63, 3.8) is 0 Å². The van der Waals surface area contributed by atoms with E-state index in [-0.39, 0.29) is 12.1 Å². The van der Waals surface area contributed by atoms with Crippen LogP contribution >= 0.6 is 23.2 Å². The standard InChI is InChI=1S/C19H16Cl2F2N4O2/c20-11-5-9(6-24-17(11)8-1-2-8)16(10-3-4-12(22)14(21)15(10)23)27-18(28)13-7-25-19(29)26-13/h3-6,8,13,16H,1-2,7H2,(H,27,28)(H2,25,26,29)/t13-,16-/m0/s1. The van der Waals surface area contributed by atoms with Crippen molar-refractivity contribution in [1.82, 2.24) is 20.9 Å². The van der Waals surface area contributed by atoms with E-state index < -0.39 is 40.7 Å². The van der Waals surface area contributed by atoms with E-state index in [2.05, 4.69) is 20.9 Å². The lowest BCUT2D eigenvalue weighted by atomic mass is 9.98. The van der Waals surface area contributed by atoms with Gasteiger partial charge < -0.3 is 16.0 Å². The SMILES string of the molecule is O=C1NC[C@@H](C(=O)N[C@@H](c2cnc(C3CC3)c(Cl)c2)c2ccc(F)c(Cl)c2F)N1. The maximum absolute atomic E-state index is 14.7. The van der Waals surface area contributed by atoms with Crippen molar-refractivity contribution < 1.29 is 18.4 Å². The molecule has 3 N–H and O–H groups in total. The highest BCUT2D eigenvalue weighted by Crippen LogP contribution is 2.42. The molecule has 29 heavy (non-hydrogen) atoms. The predicted octanol–water partition coefficient (Wildman–Crippen LogP) is 3.43. The van der Waals surface area contributed by atoms with E-state index >= 15 is 0 Å². The average molecular weight is 441 g/mol. The molecule has 1 aromatic carbocycles. The van der Waals surface area contributed by atoms with Crippen LogP contribution in [0.15, 0.2) is 24.4 Å². The van der Waals surface area contributed by atoms with E-state index in [0.717, 1.165) is 24.6 Å². The van der Waals surface area contributed by atoms with Crippen molar-refractivity contribution in [2.75, 3.05) is 6.54 Å². The molecule has 152 valence electrons. The van der Waals surface area contributed by atoms with Gasteiger partial charge in [0.2, 0.25) is 5.91 Å². The molecule has 1 aliphatic heterocycles. The minimum absolute atomic E-state index is 0.0425. The van der Waals surface area contributed by atoms with Crippen molar-refractivity contribution >= 4 is 35.1 Å². The summed E-state index contributed by atoms with van der Waals surface area (Å²) >= 11 is 12.1. The van der Waals surface area contributed by atoms with Crippen molar-refractivity contribution in [2.24, 2.45) is 0 Å². The van der Waals surface area contributed by atoms with E-state index in [4.69, 9.17) is 23.2 Å². The minimum atomic E-state index is -1.03. The molecule has 0 unspecified atom stereocenters. The van der Waals surface area contributed by atoms with Gasteiger partial charge >= 0.3 is 6.03 Å². The summed E-state index contributed by atoms with van der Waals surface area (Å²) in [6.07, 6.45) is 3.51. The Morgan fingerprint density at radius 3 is 2.66 bits per heavy atom. The summed E-state index contributed by atoms with van der Waals surface area (Å²) in [5, 5.41) is 7.35. The fourth-order valence-electron chi connectivity index (χ4n) is 3.24. The lowest BCUT2D eigenvalue weighted by Crippen LogP contribution is -2.44. The molecule has 1 saturated heterocycles. The van der Waals surface area contributed by atoms with Gasteiger partial charge in [0.15, 0.2) is 0 Å². The third-order valence-electron chi connectivity index (χ3n) is 4.94. The molecule has 2 fully saturated rings. The van der Waals surface area contributed by atoms with Gasteiger partial charge in [-0.3, -0.25) is 9.78 Å². The molecular weight excluding hydrogens is 425 g/mol. The minimum Gasteiger partial charge on any atom is -0.343 e. The lowest BCUT2D eigenvalue weighted by molar-refractivity contribution is -0.122. The zero-order valence-corrected chi connectivity index (χ0v) is 16.5. The highest BCUT2D eigenvalue weighted by Gasteiger charge is 2.32. The van der Waals surface area contributed by atoms with Crippen LogP contribution < -0.4 is 16.0 Å². The smallest absolute Gasteiger partial charge is 0.315 e. The van der Waals surface area contributed by atoms with Crippen LogP contribution in [0.25, 0.3) is 0 Å². The van der Waals surface area contributed by atoms with Gasteiger partial charge in [0.25, 0.3) is 0 Å². The molecule has 3 amide bonds. The van der Waals surface area contributed by atoms with Crippen molar-refractivity contribution in [1.29, 1.82) is 0 Å². The Labute approximate surface area is 175 Å². The number of urea groups is 1. The number of hydrogen-bond donors (Lipinski definition) is 3. The first-order valence-electron chi connectivity index (χ1n) is 8.98. The topological polar surface area (TPSA) is 83.1 Å². The lowest BCUT2D eigenvalue weighted by Gasteiger charge is -2.23. The summed E-state index contributed by atoms with van der Waals surface area (Å²) in [5.41, 5.74) is 1.12. The number of hydrogen-bond acceptors (Lipinski definition) is 3. The largest absolute Gasteiger partial charge is 0.343 e. The van der Waals surface area contributed by atoms with Gasteiger partial charge in [0, 0.05) is 24.2 Å². The zero-order valence-electron chi connectivity index (χ0n) is 14.9. The summed E-state index contributed by atoms with van der Waals surface area (Å²) < 4.78 is 28.4. The third kappa shape index (κ3) is 4.00. The molecule has 6 nitrogen and oxygen atoms in total. The fourth-order valence-corrected chi connectivity index (χ4v) is 3.74. The third-order valence-corrected chi connectivity index (χ3v) is 5.59. The van der Waals surface area contributed by atoms with E-state index in [0.29, 0.717) is 16.5 Å². The number of halogens is 4. The van der Waals surface area contributed by atoms with Crippen LogP contribution in [0.1, 0.15) is 41.6 Å². The number of nitrogens with zero attached hydrogens (tertiary/aromatic N) is 1. The summed E-state index contributed by atoms with van der Waals surface area (Å²) in [6.45, 7) is 0.0870. The molecule has 1 saturated carbocycles. The first-order valence-corrected chi connectivity index (χ1v) is 9.74. The second kappa shape index (κ2) is 7.76. The maximum Gasteiger partial charge on any atom is 0.315 e. The van der Waals surface area contributed by atoms with Crippen LogP contribution in [0.5, 0.6) is 0 Å². The fraction of sp³-hybridized carbons (Fsp3) is 0.316. The van der Waals surface area contributed by atoms with Crippen molar-refractivity contribution in [2.45, 2.75) is 30.8 Å². The maximum atomic E-state index is 14.7. The number of rotatable bonds is 5. The van der Waals surface area contributed by atoms with Crippen LogP contribution in [0, 0.1) is 11.6 Å². The van der Waals surface area contributed by atoms with Gasteiger partial charge in [-0.05, 0) is 30.5 Å². The van der Waals surface area contributed by atoms with Gasteiger partial charge in [-0.2, -0.15) is 0 Å². The van der Waals surface area contributed by atoms with Gasteiger partial charge in [-0.25, -0.2) is 13.6 Å². The van der Waals surface area contributed by atoms with Crippen molar-refractivity contribution in [3.05, 3.63) is 62.9 Å². The number of amides is 3. The van der Waals surface area contributed by atoms with Gasteiger partial charge in [0.05, 0.1) is 16.8 Å². The van der Waals surface area contributed by atoms with Crippen LogP contribution in [0.2, 0.25) is 10.0 Å². The van der Waals surface area contributed by atoms with Crippen LogP contribution in [0.4, 0.5) is 13.6 Å². The van der Waals surface area contributed by atoms with E-state index in [9.17, 15) is 18.4 Å². The molecule has 2 aromatic rings. The molecule has 10 heteroatoms. The molecule has 4 rings (SSSR count). The Hall–Kier alpha value is -2.45. The van der Waals surface area contributed by atoms with E-state index in [1.165, 1.54) is 12.3 Å². The molecule has 0 bridgehead atoms. The van der Waals surface area contributed by atoms with E-state index in [1.807, 2.05) is 0 Å². The Bertz CT molecular complexity index is 1000. The molecule has 0 spiro atoms. The number of benzene rings is 1. The summed E-state index contributed by atoms with van der Waals surface area (Å²) in [7, 11) is 0. The van der Waals surface area contributed by atoms with Gasteiger partial charge in [0.1, 0.15) is 22.7 Å². The Kier molecular flexibility index (Phi) is 5.31. The van der Waals surface area contributed by atoms with Gasteiger partial charge in [-0.15, -0.1) is 0 Å². The van der Waals surface area contributed by atoms with Crippen molar-refractivity contribution in [3.8, 4) is 0 Å². The number of pyridine rings is 1. The molecule has 1 aromatic heterocycles. The summed E-state index contributed by atoms with van der Waals surface area (Å²) in [6, 6.07) is 1.49. The second-order valence-corrected chi connectivity index (χ2v) is 7.81. The number of aromatic nitrogens is 1. The molecule has 0 radical (unpaired) electrons. The molecular formula is C19H16Cl2F2N4O2.